The first-order valence-corrected chi connectivity index (χ1v) is 17.2. The van der Waals surface area contributed by atoms with Crippen LogP contribution < -0.4 is 16.0 Å². The number of H-pyrrole nitrogens is 2. The molecular formula is C34H38ClF3N10O4. The number of ether oxygens (including phenoxy) is 1. The van der Waals surface area contributed by atoms with Crippen LogP contribution in [-0.4, -0.2) is 112 Å². The summed E-state index contributed by atoms with van der Waals surface area (Å²) in [5.74, 6) is -0.947. The number of hydrogen-bond acceptors (Lipinski definition) is 9. The average Bonchev–Trinajstić information content (AvgIpc) is 3.80. The van der Waals surface area contributed by atoms with Gasteiger partial charge in [-0.2, -0.15) is 18.3 Å². The maximum atomic E-state index is 14.0. The van der Waals surface area contributed by atoms with E-state index in [1.807, 2.05) is 4.90 Å². The summed E-state index contributed by atoms with van der Waals surface area (Å²) in [6.45, 7) is 4.31. The van der Waals surface area contributed by atoms with E-state index >= 15 is 0 Å². The van der Waals surface area contributed by atoms with Crippen molar-refractivity contribution in [2.75, 3.05) is 70.2 Å². The summed E-state index contributed by atoms with van der Waals surface area (Å²) in [5.41, 5.74) is 0.477. The smallest absolute Gasteiger partial charge is 0.383 e. The molecule has 0 saturated carbocycles. The van der Waals surface area contributed by atoms with Crippen LogP contribution in [0.5, 0.6) is 0 Å². The maximum Gasteiger partial charge on any atom is 0.435 e. The van der Waals surface area contributed by atoms with Gasteiger partial charge in [-0.25, -0.2) is 4.98 Å². The number of nitrogens with one attached hydrogen (secondary N) is 5. The van der Waals surface area contributed by atoms with Gasteiger partial charge in [0.1, 0.15) is 0 Å². The molecular weight excluding hydrogens is 705 g/mol. The average molecular weight is 743 g/mol. The molecule has 0 aliphatic carbocycles. The number of nitrogens with zero attached hydrogens (tertiary/aromatic N) is 5. The monoisotopic (exact) mass is 742 g/mol. The number of methoxy groups -OCH3 is 1. The summed E-state index contributed by atoms with van der Waals surface area (Å²) in [5, 5.41) is 15.1. The third-order valence-electron chi connectivity index (χ3n) is 9.03. The molecule has 0 bridgehead atoms. The molecule has 5 N–H and O–H groups in total. The summed E-state index contributed by atoms with van der Waals surface area (Å²) in [6, 6.07) is 7.73. The molecule has 2 aliphatic heterocycles. The van der Waals surface area contributed by atoms with Crippen molar-refractivity contribution in [3.8, 4) is 11.4 Å². The molecule has 14 nitrogen and oxygen atoms in total. The lowest BCUT2D eigenvalue weighted by atomic mass is 9.96. The third-order valence-corrected chi connectivity index (χ3v) is 9.34. The second kappa shape index (κ2) is 16.1. The van der Waals surface area contributed by atoms with E-state index in [0.29, 0.717) is 45.0 Å². The minimum Gasteiger partial charge on any atom is -0.383 e. The van der Waals surface area contributed by atoms with Crippen LogP contribution in [0.15, 0.2) is 42.7 Å². The quantitative estimate of drug-likeness (QED) is 0.142. The van der Waals surface area contributed by atoms with Gasteiger partial charge in [-0.3, -0.25) is 24.5 Å². The molecule has 1 aromatic carbocycles. The number of benzene rings is 1. The fraction of sp³-hybridized carbons (Fsp3) is 0.412. The highest BCUT2D eigenvalue weighted by Gasteiger charge is 2.38. The Kier molecular flexibility index (Phi) is 11.4. The molecule has 0 unspecified atom stereocenters. The summed E-state index contributed by atoms with van der Waals surface area (Å²) < 4.78 is 46.9. The molecule has 0 atom stereocenters. The van der Waals surface area contributed by atoms with Crippen molar-refractivity contribution < 1.29 is 32.3 Å². The molecule has 6 rings (SSSR count). The maximum absolute atomic E-state index is 14.0. The number of piperidine rings is 1. The summed E-state index contributed by atoms with van der Waals surface area (Å²) >= 11 is 6.48. The number of carbonyl (C=O) groups is 3. The Labute approximate surface area is 301 Å². The molecule has 52 heavy (non-hydrogen) atoms. The lowest BCUT2D eigenvalue weighted by Crippen LogP contribution is -2.52. The molecule has 2 aliphatic rings. The Balaban J connectivity index is 1.08. The van der Waals surface area contributed by atoms with Crippen molar-refractivity contribution in [1.82, 2.24) is 40.3 Å². The van der Waals surface area contributed by atoms with Crippen molar-refractivity contribution in [2.45, 2.75) is 25.4 Å². The first-order chi connectivity index (χ1) is 25.0. The van der Waals surface area contributed by atoms with Gasteiger partial charge in [0.15, 0.2) is 11.5 Å². The molecule has 0 spiro atoms. The zero-order chi connectivity index (χ0) is 36.8. The minimum atomic E-state index is -4.75. The number of aromatic amines is 2. The van der Waals surface area contributed by atoms with Crippen LogP contribution >= 0.6 is 11.6 Å². The van der Waals surface area contributed by atoms with E-state index in [4.69, 9.17) is 16.3 Å². The van der Waals surface area contributed by atoms with Crippen molar-refractivity contribution in [1.29, 1.82) is 0 Å². The minimum absolute atomic E-state index is 0.0148. The first kappa shape index (κ1) is 36.8. The van der Waals surface area contributed by atoms with Crippen LogP contribution in [-0.2, 0) is 22.1 Å². The topological polar surface area (TPSA) is 173 Å². The molecule has 2 saturated heterocycles. The number of hydrogen-bond donors (Lipinski definition) is 5. The van der Waals surface area contributed by atoms with Crippen molar-refractivity contribution in [2.24, 2.45) is 5.92 Å². The van der Waals surface area contributed by atoms with Gasteiger partial charge in [-0.1, -0.05) is 11.6 Å². The summed E-state index contributed by atoms with van der Waals surface area (Å²) in [6.07, 6.45) is -0.629. The molecule has 276 valence electrons. The van der Waals surface area contributed by atoms with Gasteiger partial charge < -0.3 is 35.5 Å². The number of imidazole rings is 1. The standard InChI is InChI=1S/C34H38ClF3N10O4/c1-52-15-10-40-22-3-5-27(41-18-22)28-25(29(46-45-28)34(36,37)38)16-23-19-42-30(43-23)31(49)44-21-2-4-24(26(35)17-21)33(51)48-13-11-47(12-14-48)32(50)20-6-8-39-9-7-20/h2-5,17-20,39-40H,6-16H2,1H3,(H,42,43)(H,44,49)(H,45,46). The predicted molar refractivity (Wildman–Crippen MR) is 186 cm³/mol. The van der Waals surface area contributed by atoms with Gasteiger partial charge >= 0.3 is 6.18 Å². The molecule has 5 heterocycles. The van der Waals surface area contributed by atoms with Crippen LogP contribution in [0.4, 0.5) is 24.5 Å². The van der Waals surface area contributed by atoms with E-state index in [0.717, 1.165) is 25.9 Å². The third kappa shape index (κ3) is 8.54. The van der Waals surface area contributed by atoms with Crippen LogP contribution in [0.2, 0.25) is 5.02 Å². The van der Waals surface area contributed by atoms with Gasteiger partial charge in [0, 0.05) is 75.3 Å². The fourth-order valence-corrected chi connectivity index (χ4v) is 6.53. The number of aromatic nitrogens is 5. The van der Waals surface area contributed by atoms with Crippen LogP contribution in [0, 0.1) is 5.92 Å². The Bertz CT molecular complexity index is 1880. The number of pyridine rings is 1. The van der Waals surface area contributed by atoms with E-state index in [-0.39, 0.29) is 68.9 Å². The second-order valence-corrected chi connectivity index (χ2v) is 12.9. The highest BCUT2D eigenvalue weighted by atomic mass is 35.5. The van der Waals surface area contributed by atoms with Crippen molar-refractivity contribution in [3.05, 3.63) is 76.1 Å². The van der Waals surface area contributed by atoms with Crippen LogP contribution in [0.1, 0.15) is 50.8 Å². The molecule has 18 heteroatoms. The van der Waals surface area contributed by atoms with E-state index in [1.165, 1.54) is 30.6 Å². The van der Waals surface area contributed by atoms with Gasteiger partial charge in [-0.15, -0.1) is 0 Å². The van der Waals surface area contributed by atoms with E-state index in [2.05, 4.69) is 41.1 Å². The van der Waals surface area contributed by atoms with E-state index in [9.17, 15) is 27.6 Å². The zero-order valence-corrected chi connectivity index (χ0v) is 29.0. The van der Waals surface area contributed by atoms with Gasteiger partial charge in [0.05, 0.1) is 40.5 Å². The Hall–Kier alpha value is -5.00. The van der Waals surface area contributed by atoms with E-state index in [1.54, 1.807) is 24.1 Å². The molecule has 0 radical (unpaired) electrons. The van der Waals surface area contributed by atoms with Gasteiger partial charge in [0.25, 0.3) is 11.8 Å². The lowest BCUT2D eigenvalue weighted by molar-refractivity contribution is -0.141. The zero-order valence-electron chi connectivity index (χ0n) is 28.3. The number of halogens is 4. The number of piperazine rings is 1. The van der Waals surface area contributed by atoms with Gasteiger partial charge in [0.2, 0.25) is 5.91 Å². The summed E-state index contributed by atoms with van der Waals surface area (Å²) in [4.78, 5) is 53.9. The Morgan fingerprint density at radius 1 is 1.00 bits per heavy atom. The number of rotatable bonds is 11. The van der Waals surface area contributed by atoms with Gasteiger partial charge in [-0.05, 0) is 56.3 Å². The SMILES string of the molecule is COCCNc1ccc(-c2[nH]nc(C(F)(F)F)c2Cc2cnc(C(=O)Nc3ccc(C(=O)N4CCN(C(=O)C5CCNCC5)CC4)c(Cl)c3)[nH]2)nc1. The molecule has 3 aromatic heterocycles. The van der Waals surface area contributed by atoms with Crippen LogP contribution in [0.3, 0.4) is 0 Å². The fourth-order valence-electron chi connectivity index (χ4n) is 6.27. The summed E-state index contributed by atoms with van der Waals surface area (Å²) in [7, 11) is 1.57. The lowest BCUT2D eigenvalue weighted by Gasteiger charge is -2.37. The van der Waals surface area contributed by atoms with Crippen molar-refractivity contribution >= 4 is 40.7 Å². The van der Waals surface area contributed by atoms with E-state index < -0.39 is 17.8 Å². The Morgan fingerprint density at radius 3 is 2.40 bits per heavy atom. The Morgan fingerprint density at radius 2 is 1.73 bits per heavy atom. The normalized spacial score (nSPS) is 15.5. The number of carbonyl (C=O) groups excluding carboxylic acids is 3. The molecule has 4 aromatic rings. The predicted octanol–water partition coefficient (Wildman–Crippen LogP) is 4.05. The van der Waals surface area contributed by atoms with Crippen molar-refractivity contribution in [3.63, 3.8) is 0 Å². The largest absolute Gasteiger partial charge is 0.435 e. The number of amides is 3. The number of anilines is 2. The number of alkyl halides is 3. The molecule has 2 fully saturated rings. The second-order valence-electron chi connectivity index (χ2n) is 12.5. The highest BCUT2D eigenvalue weighted by Crippen LogP contribution is 2.36. The first-order valence-electron chi connectivity index (χ1n) is 16.8. The van der Waals surface area contributed by atoms with Crippen LogP contribution in [0.25, 0.3) is 11.4 Å². The highest BCUT2D eigenvalue weighted by molar-refractivity contribution is 6.34. The molecule has 3 amide bonds.